The number of benzene rings is 1. The average Bonchev–Trinajstić information content (AvgIpc) is 3.16. The van der Waals surface area contributed by atoms with Crippen molar-refractivity contribution < 1.29 is 14.4 Å². The summed E-state index contributed by atoms with van der Waals surface area (Å²) in [5.41, 5.74) is 4.00. The normalized spacial score (nSPS) is 15.3. The van der Waals surface area contributed by atoms with Crippen LogP contribution >= 0.6 is 0 Å². The van der Waals surface area contributed by atoms with Crippen molar-refractivity contribution in [3.8, 4) is 5.75 Å². The van der Waals surface area contributed by atoms with Gasteiger partial charge in [0.2, 0.25) is 0 Å². The maximum atomic E-state index is 10.9. The number of nitrogens with one attached hydrogen (secondary N) is 3. The lowest BCUT2D eigenvalue weighted by atomic mass is 10.1. The third-order valence-corrected chi connectivity index (χ3v) is 6.57. The Kier molecular flexibility index (Phi) is 7.03. The van der Waals surface area contributed by atoms with Gasteiger partial charge in [0.15, 0.2) is 5.82 Å². The summed E-state index contributed by atoms with van der Waals surface area (Å²) >= 11 is 0. The molecule has 1 aliphatic heterocycles. The number of hydrogen-bond acceptors (Lipinski definition) is 6. The van der Waals surface area contributed by atoms with Gasteiger partial charge in [-0.05, 0) is 49.9 Å². The Labute approximate surface area is 195 Å². The van der Waals surface area contributed by atoms with E-state index in [0.717, 1.165) is 52.0 Å². The van der Waals surface area contributed by atoms with E-state index in [2.05, 4.69) is 23.0 Å². The SMILES string of the molecule is Cc1cc(Nc2c(NCCC[N+]3(C)CCCCC3)nn3ccccc23)c(NCC=O)cc1O. The molecular weight excluding hydrogens is 416 g/mol. The van der Waals surface area contributed by atoms with E-state index < -0.39 is 0 Å². The molecule has 0 bridgehead atoms. The first-order chi connectivity index (χ1) is 16.0. The molecule has 1 saturated heterocycles. The second kappa shape index (κ2) is 10.1. The summed E-state index contributed by atoms with van der Waals surface area (Å²) in [4.78, 5) is 10.9. The molecule has 1 aromatic carbocycles. The number of nitrogens with zero attached hydrogens (tertiary/aromatic N) is 3. The van der Waals surface area contributed by atoms with Gasteiger partial charge in [0.05, 0.1) is 50.1 Å². The van der Waals surface area contributed by atoms with E-state index in [1.54, 1.807) is 6.07 Å². The highest BCUT2D eigenvalue weighted by Gasteiger charge is 2.24. The second-order valence-electron chi connectivity index (χ2n) is 9.24. The quantitative estimate of drug-likeness (QED) is 0.160. The fourth-order valence-corrected chi connectivity index (χ4v) is 4.64. The Morgan fingerprint density at radius 2 is 1.97 bits per heavy atom. The average molecular weight is 452 g/mol. The van der Waals surface area contributed by atoms with E-state index >= 15 is 0 Å². The Morgan fingerprint density at radius 3 is 2.76 bits per heavy atom. The van der Waals surface area contributed by atoms with Crippen molar-refractivity contribution >= 4 is 34.7 Å². The van der Waals surface area contributed by atoms with Gasteiger partial charge in [-0.2, -0.15) is 0 Å². The van der Waals surface area contributed by atoms with Crippen molar-refractivity contribution in [2.75, 3.05) is 55.7 Å². The van der Waals surface area contributed by atoms with Gasteiger partial charge >= 0.3 is 0 Å². The van der Waals surface area contributed by atoms with E-state index in [-0.39, 0.29) is 12.3 Å². The van der Waals surface area contributed by atoms with Crippen LogP contribution in [0.5, 0.6) is 5.75 Å². The largest absolute Gasteiger partial charge is 0.508 e. The van der Waals surface area contributed by atoms with Crippen molar-refractivity contribution in [1.82, 2.24) is 9.61 Å². The van der Waals surface area contributed by atoms with Gasteiger partial charge in [-0.15, -0.1) is 5.10 Å². The minimum absolute atomic E-state index is 0.161. The molecule has 0 atom stereocenters. The lowest BCUT2D eigenvalue weighted by Crippen LogP contribution is -2.48. The predicted octanol–water partition coefficient (Wildman–Crippen LogP) is 4.14. The van der Waals surface area contributed by atoms with Gasteiger partial charge < -0.3 is 30.3 Å². The van der Waals surface area contributed by atoms with Gasteiger partial charge in [-0.1, -0.05) is 6.07 Å². The number of fused-ring (bicyclic) bond motifs is 1. The lowest BCUT2D eigenvalue weighted by Gasteiger charge is -2.37. The number of phenolic OH excluding ortho intramolecular Hbond substituents is 1. The molecule has 4 rings (SSSR count). The van der Waals surface area contributed by atoms with Crippen LogP contribution < -0.4 is 16.0 Å². The third kappa shape index (κ3) is 5.39. The molecule has 4 N–H and O–H groups in total. The Bertz CT molecular complexity index is 1100. The maximum absolute atomic E-state index is 10.9. The summed E-state index contributed by atoms with van der Waals surface area (Å²) in [5, 5.41) is 25.0. The summed E-state index contributed by atoms with van der Waals surface area (Å²) in [7, 11) is 2.37. The fourth-order valence-electron chi connectivity index (χ4n) is 4.64. The predicted molar refractivity (Wildman–Crippen MR) is 134 cm³/mol. The molecule has 8 heteroatoms. The van der Waals surface area contributed by atoms with Crippen molar-refractivity contribution in [2.24, 2.45) is 0 Å². The maximum Gasteiger partial charge on any atom is 0.172 e. The van der Waals surface area contributed by atoms with Crippen LogP contribution in [0.3, 0.4) is 0 Å². The topological polar surface area (TPSA) is 90.7 Å². The van der Waals surface area contributed by atoms with E-state index in [9.17, 15) is 9.90 Å². The summed E-state index contributed by atoms with van der Waals surface area (Å²) in [6.45, 7) is 6.57. The first-order valence-corrected chi connectivity index (χ1v) is 11.8. The first kappa shape index (κ1) is 22.9. The van der Waals surface area contributed by atoms with E-state index in [4.69, 9.17) is 5.10 Å². The monoisotopic (exact) mass is 451 g/mol. The molecule has 0 aliphatic carbocycles. The van der Waals surface area contributed by atoms with Crippen LogP contribution in [0.4, 0.5) is 22.9 Å². The number of pyridine rings is 1. The molecule has 1 fully saturated rings. The third-order valence-electron chi connectivity index (χ3n) is 6.57. The summed E-state index contributed by atoms with van der Waals surface area (Å²) in [6, 6.07) is 9.48. The van der Waals surface area contributed by atoms with Gasteiger partial charge in [0, 0.05) is 25.2 Å². The fraction of sp³-hybridized carbons (Fsp3) is 0.440. The van der Waals surface area contributed by atoms with Crippen molar-refractivity contribution in [3.05, 3.63) is 42.1 Å². The molecule has 33 heavy (non-hydrogen) atoms. The number of carbonyl (C=O) groups is 1. The van der Waals surface area contributed by atoms with Crippen molar-refractivity contribution in [3.63, 3.8) is 0 Å². The molecular formula is C25H35N6O2+. The number of quaternary nitrogens is 1. The zero-order valence-electron chi connectivity index (χ0n) is 19.6. The highest BCUT2D eigenvalue weighted by atomic mass is 16.3. The van der Waals surface area contributed by atoms with Gasteiger partial charge in [-0.3, -0.25) is 0 Å². The van der Waals surface area contributed by atoms with Crippen molar-refractivity contribution in [1.29, 1.82) is 0 Å². The van der Waals surface area contributed by atoms with E-state index in [0.29, 0.717) is 5.69 Å². The number of aldehydes is 1. The van der Waals surface area contributed by atoms with Crippen molar-refractivity contribution in [2.45, 2.75) is 32.6 Å². The molecule has 0 unspecified atom stereocenters. The standard InChI is InChI=1S/C25H34N6O2/c1-19-17-21(20(18-23(19)33)26-11-16-32)28-24-22-9-4-5-12-30(22)29-25(24)27-10-8-15-31(2)13-6-3-7-14-31/h4-5,9,12,16-18,26,28H,3,6-8,10-11,13-15H2,1-2H3,(H-,27,29,33)/p+1. The van der Waals surface area contributed by atoms with Gasteiger partial charge in [0.25, 0.3) is 0 Å². The molecule has 3 aromatic rings. The van der Waals surface area contributed by atoms with E-state index in [1.807, 2.05) is 41.9 Å². The molecule has 1 aliphatic rings. The number of anilines is 4. The van der Waals surface area contributed by atoms with Gasteiger partial charge in [0.1, 0.15) is 17.7 Å². The van der Waals surface area contributed by atoms with Crippen LogP contribution in [0.1, 0.15) is 31.2 Å². The first-order valence-electron chi connectivity index (χ1n) is 11.8. The zero-order valence-corrected chi connectivity index (χ0v) is 19.6. The van der Waals surface area contributed by atoms with E-state index in [1.165, 1.54) is 38.9 Å². The van der Waals surface area contributed by atoms with Crippen LogP contribution in [0.25, 0.3) is 5.52 Å². The molecule has 8 nitrogen and oxygen atoms in total. The number of aromatic nitrogens is 2. The molecule has 3 heterocycles. The number of aromatic hydroxyl groups is 1. The Hall–Kier alpha value is -3.26. The molecule has 0 amide bonds. The number of hydrogen-bond donors (Lipinski definition) is 4. The second-order valence-corrected chi connectivity index (χ2v) is 9.24. The lowest BCUT2D eigenvalue weighted by molar-refractivity contribution is -0.914. The molecule has 176 valence electrons. The van der Waals surface area contributed by atoms with Crippen LogP contribution in [0.2, 0.25) is 0 Å². The zero-order chi connectivity index (χ0) is 23.3. The number of aryl methyl sites for hydroxylation is 1. The smallest absolute Gasteiger partial charge is 0.172 e. The summed E-state index contributed by atoms with van der Waals surface area (Å²) < 4.78 is 3.02. The van der Waals surface area contributed by atoms with Crippen LogP contribution in [0.15, 0.2) is 36.5 Å². The van der Waals surface area contributed by atoms with Gasteiger partial charge in [-0.25, -0.2) is 4.52 Å². The van der Waals surface area contributed by atoms with Crippen LogP contribution in [0, 0.1) is 6.92 Å². The molecule has 0 spiro atoms. The summed E-state index contributed by atoms with van der Waals surface area (Å²) in [6.07, 6.45) is 7.83. The molecule has 0 saturated carbocycles. The number of carbonyl (C=O) groups excluding carboxylic acids is 1. The van der Waals surface area contributed by atoms with Crippen LogP contribution in [-0.4, -0.2) is 65.3 Å². The Balaban J connectivity index is 1.54. The summed E-state index contributed by atoms with van der Waals surface area (Å²) in [5.74, 6) is 0.969. The minimum atomic E-state index is 0.161. The van der Waals surface area contributed by atoms with Crippen LogP contribution in [-0.2, 0) is 4.79 Å². The number of rotatable bonds is 10. The minimum Gasteiger partial charge on any atom is -0.508 e. The highest BCUT2D eigenvalue weighted by Crippen LogP contribution is 2.36. The number of likely N-dealkylation sites (tertiary alicyclic amines) is 1. The number of piperidine rings is 1. The molecule has 2 aromatic heterocycles. The number of phenols is 1. The molecule has 0 radical (unpaired) electrons. The Morgan fingerprint density at radius 1 is 1.15 bits per heavy atom. The highest BCUT2D eigenvalue weighted by molar-refractivity contribution is 5.90.